The second kappa shape index (κ2) is 23.1. The Morgan fingerprint density at radius 3 is 1.76 bits per heavy atom. The fourth-order valence-corrected chi connectivity index (χ4v) is 3.15. The van der Waals surface area contributed by atoms with Crippen molar-refractivity contribution in [3.8, 4) is 0 Å². The summed E-state index contributed by atoms with van der Waals surface area (Å²) in [5, 5.41) is 28.4. The zero-order valence-electron chi connectivity index (χ0n) is 22.6. The molecule has 38 heavy (non-hydrogen) atoms. The van der Waals surface area contributed by atoms with Gasteiger partial charge in [0.25, 0.3) is 0 Å². The molecule has 5 amide bonds. The number of nitrogens with two attached hydrogens (primary N) is 1. The summed E-state index contributed by atoms with van der Waals surface area (Å²) in [4.78, 5) is 58.1. The van der Waals surface area contributed by atoms with Crippen LogP contribution >= 0.6 is 0 Å². The highest BCUT2D eigenvalue weighted by Gasteiger charge is 2.12. The normalized spacial score (nSPS) is 10.7. The first-order chi connectivity index (χ1) is 18.2. The van der Waals surface area contributed by atoms with E-state index in [1.807, 2.05) is 0 Å². The highest BCUT2D eigenvalue weighted by atomic mass is 16.5. The predicted molar refractivity (Wildman–Crippen MR) is 141 cm³/mol. The lowest BCUT2D eigenvalue weighted by Gasteiger charge is -2.13. The number of nitrogens with one attached hydrogen (secondary N) is 3. The molecule has 0 aromatic carbocycles. The van der Waals surface area contributed by atoms with Gasteiger partial charge in [-0.2, -0.15) is 0 Å². The molecule has 0 aromatic rings. The minimum Gasteiger partial charge on any atom is -0.356 e. The van der Waals surface area contributed by atoms with Crippen LogP contribution in [-0.4, -0.2) is 89.3 Å². The highest BCUT2D eigenvalue weighted by molar-refractivity contribution is 5.84. The molecule has 0 saturated carbocycles. The molecule has 0 aromatic heterocycles. The van der Waals surface area contributed by atoms with Crippen LogP contribution < -0.4 is 21.7 Å². The number of amides is 5. The molecular formula is C25H46N6O7. The number of rotatable bonds is 22. The smallest absolute Gasteiger partial charge is 0.246 e. The fraction of sp³-hybridized carbons (Fsp3) is 0.720. The van der Waals surface area contributed by atoms with E-state index in [0.717, 1.165) is 25.7 Å². The molecule has 218 valence electrons. The number of unbranched alkanes of at least 4 members (excludes halogenated alkanes) is 4. The zero-order valence-corrected chi connectivity index (χ0v) is 22.6. The van der Waals surface area contributed by atoms with Crippen LogP contribution in [0.2, 0.25) is 0 Å². The van der Waals surface area contributed by atoms with Crippen molar-refractivity contribution in [2.75, 3.05) is 39.3 Å². The largest absolute Gasteiger partial charge is 0.356 e. The quantitative estimate of drug-likeness (QED) is 0.0495. The molecule has 0 fully saturated rings. The second-order valence-corrected chi connectivity index (χ2v) is 8.84. The maximum atomic E-state index is 11.9. The van der Waals surface area contributed by atoms with E-state index >= 15 is 0 Å². The van der Waals surface area contributed by atoms with Crippen molar-refractivity contribution in [2.24, 2.45) is 5.73 Å². The van der Waals surface area contributed by atoms with Crippen molar-refractivity contribution in [1.29, 1.82) is 0 Å². The summed E-state index contributed by atoms with van der Waals surface area (Å²) in [5.74, 6) is -1.68. The lowest BCUT2D eigenvalue weighted by atomic mass is 10.2. The van der Waals surface area contributed by atoms with Gasteiger partial charge in [-0.15, -0.1) is 0 Å². The Labute approximate surface area is 225 Å². The molecule has 0 heterocycles. The van der Waals surface area contributed by atoms with Crippen molar-refractivity contribution in [3.63, 3.8) is 0 Å². The van der Waals surface area contributed by atoms with E-state index in [-0.39, 0.29) is 56.5 Å². The van der Waals surface area contributed by atoms with Gasteiger partial charge in [-0.05, 0) is 45.1 Å². The molecule has 0 radical (unpaired) electrons. The molecule has 0 rings (SSSR count). The molecule has 0 atom stereocenters. The first-order valence-electron chi connectivity index (χ1n) is 13.3. The summed E-state index contributed by atoms with van der Waals surface area (Å²) in [5.41, 5.74) is 5.41. The van der Waals surface area contributed by atoms with E-state index in [4.69, 9.17) is 5.73 Å². The van der Waals surface area contributed by atoms with Gasteiger partial charge in [0, 0.05) is 58.8 Å². The van der Waals surface area contributed by atoms with Gasteiger partial charge >= 0.3 is 0 Å². The summed E-state index contributed by atoms with van der Waals surface area (Å²) in [6.45, 7) is 3.48. The minimum absolute atomic E-state index is 0.0397. The third-order valence-electron chi connectivity index (χ3n) is 5.45. The number of hydrogen-bond acceptors (Lipinski definition) is 8. The van der Waals surface area contributed by atoms with Crippen LogP contribution in [0.1, 0.15) is 77.6 Å². The van der Waals surface area contributed by atoms with Gasteiger partial charge in [-0.3, -0.25) is 34.4 Å². The van der Waals surface area contributed by atoms with Crippen LogP contribution in [0.25, 0.3) is 0 Å². The average molecular weight is 543 g/mol. The summed E-state index contributed by atoms with van der Waals surface area (Å²) in [6, 6.07) is 0. The van der Waals surface area contributed by atoms with Gasteiger partial charge < -0.3 is 21.7 Å². The first-order valence-corrected chi connectivity index (χ1v) is 13.3. The zero-order chi connectivity index (χ0) is 28.6. The highest BCUT2D eigenvalue weighted by Crippen LogP contribution is 1.99. The molecule has 13 heteroatoms. The van der Waals surface area contributed by atoms with E-state index in [1.54, 1.807) is 12.2 Å². The van der Waals surface area contributed by atoms with Crippen molar-refractivity contribution in [1.82, 2.24) is 26.1 Å². The Morgan fingerprint density at radius 1 is 0.684 bits per heavy atom. The first kappa shape index (κ1) is 35.0. The summed E-state index contributed by atoms with van der Waals surface area (Å²) < 4.78 is 0. The third-order valence-corrected chi connectivity index (χ3v) is 5.45. The van der Waals surface area contributed by atoms with Crippen LogP contribution in [0.4, 0.5) is 0 Å². The van der Waals surface area contributed by atoms with Crippen molar-refractivity contribution < 1.29 is 34.4 Å². The topological polar surface area (TPSA) is 194 Å². The van der Waals surface area contributed by atoms with E-state index in [1.165, 1.54) is 6.92 Å². The van der Waals surface area contributed by atoms with Crippen molar-refractivity contribution in [2.45, 2.75) is 77.6 Å². The van der Waals surface area contributed by atoms with Crippen LogP contribution in [0.5, 0.6) is 0 Å². The van der Waals surface area contributed by atoms with E-state index in [0.29, 0.717) is 55.6 Å². The van der Waals surface area contributed by atoms with E-state index in [2.05, 4.69) is 16.0 Å². The van der Waals surface area contributed by atoms with Crippen LogP contribution in [0, 0.1) is 0 Å². The summed E-state index contributed by atoms with van der Waals surface area (Å²) in [6.07, 6.45) is 8.61. The second-order valence-electron chi connectivity index (χ2n) is 8.84. The Kier molecular flexibility index (Phi) is 21.3. The maximum Gasteiger partial charge on any atom is 0.246 e. The molecule has 0 aliphatic heterocycles. The number of carbonyl (C=O) groups excluding carboxylic acids is 5. The fourth-order valence-electron chi connectivity index (χ4n) is 3.15. The standard InChI is InChI=1S/C25H46N6O7/c1-21(32)30(37)19-9-3-7-18-29-24(35)13-14-25(36)31(38)20-10-4-8-17-28-23(34)12-11-22(33)27-16-6-2-5-15-26/h4,10,37-38H,2-3,5-9,11-20,26H2,1H3,(H,27,33)(H,28,34)(H,29,35)/b10-4+. The average Bonchev–Trinajstić information content (AvgIpc) is 2.89. The number of carbonyl (C=O) groups is 5. The van der Waals surface area contributed by atoms with Gasteiger partial charge in [0.1, 0.15) is 0 Å². The van der Waals surface area contributed by atoms with E-state index in [9.17, 15) is 34.4 Å². The molecule has 0 saturated heterocycles. The molecule has 7 N–H and O–H groups in total. The Morgan fingerprint density at radius 2 is 1.21 bits per heavy atom. The van der Waals surface area contributed by atoms with Gasteiger partial charge in [0.15, 0.2) is 0 Å². The summed E-state index contributed by atoms with van der Waals surface area (Å²) >= 11 is 0. The number of hydrogen-bond donors (Lipinski definition) is 6. The molecule has 13 nitrogen and oxygen atoms in total. The predicted octanol–water partition coefficient (Wildman–Crippen LogP) is 0.597. The van der Waals surface area contributed by atoms with Crippen molar-refractivity contribution in [3.05, 3.63) is 12.2 Å². The Bertz CT molecular complexity index is 748. The molecule has 0 aliphatic carbocycles. The molecule has 0 bridgehead atoms. The van der Waals surface area contributed by atoms with E-state index < -0.39 is 11.8 Å². The van der Waals surface area contributed by atoms with Crippen LogP contribution in [-0.2, 0) is 24.0 Å². The molecule has 0 aliphatic rings. The van der Waals surface area contributed by atoms with Crippen LogP contribution in [0.3, 0.4) is 0 Å². The van der Waals surface area contributed by atoms with Gasteiger partial charge in [0.05, 0.1) is 6.54 Å². The Hall–Kier alpha value is -3.03. The monoisotopic (exact) mass is 542 g/mol. The number of hydroxylamine groups is 4. The minimum atomic E-state index is -0.581. The SMILES string of the molecule is CC(=O)N(O)CCCCCNC(=O)CCC(=O)N(O)C/C=C/CCNC(=O)CCC(=O)NCCCCCN. The molecule has 0 unspecified atom stereocenters. The van der Waals surface area contributed by atoms with Crippen molar-refractivity contribution >= 4 is 29.5 Å². The van der Waals surface area contributed by atoms with Gasteiger partial charge in [-0.1, -0.05) is 18.6 Å². The molecule has 0 spiro atoms. The van der Waals surface area contributed by atoms with Crippen LogP contribution in [0.15, 0.2) is 12.2 Å². The summed E-state index contributed by atoms with van der Waals surface area (Å²) in [7, 11) is 0. The number of nitrogens with zero attached hydrogens (tertiary/aromatic N) is 2. The van der Waals surface area contributed by atoms with Gasteiger partial charge in [0.2, 0.25) is 29.5 Å². The maximum absolute atomic E-state index is 11.9. The Balaban J connectivity index is 3.78. The lowest BCUT2D eigenvalue weighted by molar-refractivity contribution is -0.163. The molecular weight excluding hydrogens is 496 g/mol. The lowest BCUT2D eigenvalue weighted by Crippen LogP contribution is -2.30. The third kappa shape index (κ3) is 21.1. The van der Waals surface area contributed by atoms with Gasteiger partial charge in [-0.25, -0.2) is 10.1 Å².